The standard InChI is InChI=1S/C17H29NO/c1-12(2)14-5-7-16(11-18,8-6-14)17(19)9-15(10-17)13(3)4/h12-15,19H,5-10H2,1-4H3. The van der Waals surface area contributed by atoms with E-state index >= 15 is 0 Å². The Kier molecular flexibility index (Phi) is 3.98. The van der Waals surface area contributed by atoms with E-state index in [4.69, 9.17) is 0 Å². The van der Waals surface area contributed by atoms with Crippen molar-refractivity contribution in [2.75, 3.05) is 0 Å². The minimum absolute atomic E-state index is 0.455. The van der Waals surface area contributed by atoms with Crippen molar-refractivity contribution >= 4 is 0 Å². The first kappa shape index (κ1) is 14.9. The summed E-state index contributed by atoms with van der Waals surface area (Å²) in [4.78, 5) is 0. The predicted molar refractivity (Wildman–Crippen MR) is 77.4 cm³/mol. The van der Waals surface area contributed by atoms with E-state index in [0.717, 1.165) is 44.4 Å². The van der Waals surface area contributed by atoms with Crippen LogP contribution in [0.1, 0.15) is 66.2 Å². The van der Waals surface area contributed by atoms with Crippen molar-refractivity contribution in [2.45, 2.75) is 71.8 Å². The average Bonchev–Trinajstić information content (AvgIpc) is 2.34. The third-order valence-corrected chi connectivity index (χ3v) is 6.07. The normalized spacial score (nSPS) is 43.1. The number of hydrogen-bond donors (Lipinski definition) is 1. The largest absolute Gasteiger partial charge is 0.388 e. The zero-order chi connectivity index (χ0) is 14.3. The average molecular weight is 263 g/mol. The van der Waals surface area contributed by atoms with Crippen LogP contribution in [0.5, 0.6) is 0 Å². The highest BCUT2D eigenvalue weighted by atomic mass is 16.3. The van der Waals surface area contributed by atoms with Gasteiger partial charge in [-0.05, 0) is 62.2 Å². The van der Waals surface area contributed by atoms with Crippen LogP contribution in [0.2, 0.25) is 0 Å². The van der Waals surface area contributed by atoms with Crippen LogP contribution in [-0.4, -0.2) is 10.7 Å². The maximum absolute atomic E-state index is 10.9. The van der Waals surface area contributed by atoms with Crippen molar-refractivity contribution in [1.82, 2.24) is 0 Å². The molecule has 0 aromatic carbocycles. The van der Waals surface area contributed by atoms with Crippen LogP contribution in [0.15, 0.2) is 0 Å². The summed E-state index contributed by atoms with van der Waals surface area (Å²) in [7, 11) is 0. The second-order valence-corrected chi connectivity index (χ2v) is 7.72. The number of nitriles is 1. The molecule has 0 unspecified atom stereocenters. The van der Waals surface area contributed by atoms with Crippen molar-refractivity contribution in [3.05, 3.63) is 0 Å². The van der Waals surface area contributed by atoms with Crippen LogP contribution in [0, 0.1) is 40.4 Å². The Balaban J connectivity index is 2.04. The van der Waals surface area contributed by atoms with Gasteiger partial charge in [-0.2, -0.15) is 5.26 Å². The Bertz CT molecular complexity index is 352. The molecule has 0 spiro atoms. The van der Waals surface area contributed by atoms with Crippen LogP contribution in [0.4, 0.5) is 0 Å². The van der Waals surface area contributed by atoms with Gasteiger partial charge in [0.05, 0.1) is 17.1 Å². The van der Waals surface area contributed by atoms with Crippen molar-refractivity contribution in [2.24, 2.45) is 29.1 Å². The highest BCUT2D eigenvalue weighted by Gasteiger charge is 2.59. The van der Waals surface area contributed by atoms with Gasteiger partial charge in [0.1, 0.15) is 0 Å². The van der Waals surface area contributed by atoms with Crippen LogP contribution in [0.3, 0.4) is 0 Å². The molecule has 0 aromatic heterocycles. The van der Waals surface area contributed by atoms with Crippen LogP contribution in [0.25, 0.3) is 0 Å². The fraction of sp³-hybridized carbons (Fsp3) is 0.941. The van der Waals surface area contributed by atoms with E-state index in [2.05, 4.69) is 33.8 Å². The Labute approximate surface area is 118 Å². The van der Waals surface area contributed by atoms with Gasteiger partial charge in [-0.15, -0.1) is 0 Å². The molecule has 2 saturated carbocycles. The zero-order valence-electron chi connectivity index (χ0n) is 12.9. The molecule has 0 aromatic rings. The van der Waals surface area contributed by atoms with Crippen LogP contribution >= 0.6 is 0 Å². The van der Waals surface area contributed by atoms with Crippen molar-refractivity contribution in [1.29, 1.82) is 5.26 Å². The molecule has 2 heteroatoms. The molecule has 0 bridgehead atoms. The molecule has 2 aliphatic carbocycles. The van der Waals surface area contributed by atoms with Crippen molar-refractivity contribution in [3.63, 3.8) is 0 Å². The second-order valence-electron chi connectivity index (χ2n) is 7.72. The van der Waals surface area contributed by atoms with Gasteiger partial charge in [-0.25, -0.2) is 0 Å². The molecular formula is C17H29NO. The Hall–Kier alpha value is -0.550. The fourth-order valence-electron chi connectivity index (χ4n) is 4.15. The summed E-state index contributed by atoms with van der Waals surface area (Å²) in [5.74, 6) is 2.68. The molecule has 0 radical (unpaired) electrons. The molecular weight excluding hydrogens is 234 g/mol. The summed E-state index contributed by atoms with van der Waals surface area (Å²) in [5.41, 5.74) is -1.15. The fourth-order valence-corrected chi connectivity index (χ4v) is 4.15. The van der Waals surface area contributed by atoms with Crippen LogP contribution < -0.4 is 0 Å². The quantitative estimate of drug-likeness (QED) is 0.831. The lowest BCUT2D eigenvalue weighted by Gasteiger charge is -2.56. The van der Waals surface area contributed by atoms with E-state index in [-0.39, 0.29) is 0 Å². The molecule has 2 fully saturated rings. The molecule has 0 saturated heterocycles. The van der Waals surface area contributed by atoms with Gasteiger partial charge in [0.2, 0.25) is 0 Å². The number of rotatable bonds is 3. The second kappa shape index (κ2) is 5.09. The third-order valence-electron chi connectivity index (χ3n) is 6.07. The first-order chi connectivity index (χ1) is 8.83. The summed E-state index contributed by atoms with van der Waals surface area (Å²) in [6.45, 7) is 8.99. The third kappa shape index (κ3) is 2.42. The van der Waals surface area contributed by atoms with E-state index in [1.165, 1.54) is 0 Å². The van der Waals surface area contributed by atoms with E-state index in [1.54, 1.807) is 0 Å². The van der Waals surface area contributed by atoms with Crippen molar-refractivity contribution < 1.29 is 5.11 Å². The smallest absolute Gasteiger partial charge is 0.0860 e. The Morgan fingerprint density at radius 2 is 1.47 bits per heavy atom. The molecule has 2 aliphatic rings. The first-order valence-electron chi connectivity index (χ1n) is 7.97. The molecule has 0 aliphatic heterocycles. The van der Waals surface area contributed by atoms with Gasteiger partial charge >= 0.3 is 0 Å². The summed E-state index contributed by atoms with van der Waals surface area (Å²) in [5, 5.41) is 20.6. The number of hydrogen-bond acceptors (Lipinski definition) is 2. The molecule has 0 heterocycles. The van der Waals surface area contributed by atoms with Gasteiger partial charge in [-0.1, -0.05) is 27.7 Å². The molecule has 0 amide bonds. The van der Waals surface area contributed by atoms with Gasteiger partial charge in [0.25, 0.3) is 0 Å². The molecule has 2 rings (SSSR count). The molecule has 1 N–H and O–H groups in total. The summed E-state index contributed by atoms with van der Waals surface area (Å²) >= 11 is 0. The molecule has 19 heavy (non-hydrogen) atoms. The zero-order valence-corrected chi connectivity index (χ0v) is 12.9. The Morgan fingerprint density at radius 1 is 1.00 bits per heavy atom. The number of nitrogens with zero attached hydrogens (tertiary/aromatic N) is 1. The highest BCUT2D eigenvalue weighted by molar-refractivity contribution is 5.17. The number of aliphatic hydroxyl groups is 1. The summed E-state index contributed by atoms with van der Waals surface area (Å²) in [6, 6.07) is 2.53. The van der Waals surface area contributed by atoms with E-state index in [1.807, 2.05) is 0 Å². The molecule has 108 valence electrons. The predicted octanol–water partition coefficient (Wildman–Crippen LogP) is 4.14. The van der Waals surface area contributed by atoms with Crippen molar-refractivity contribution in [3.8, 4) is 6.07 Å². The van der Waals surface area contributed by atoms with Gasteiger partial charge in [-0.3, -0.25) is 0 Å². The van der Waals surface area contributed by atoms with Crippen LogP contribution in [-0.2, 0) is 0 Å². The van der Waals surface area contributed by atoms with Gasteiger partial charge < -0.3 is 5.11 Å². The molecule has 2 nitrogen and oxygen atoms in total. The van der Waals surface area contributed by atoms with E-state index in [0.29, 0.717) is 17.8 Å². The lowest BCUT2D eigenvalue weighted by molar-refractivity contribution is -0.169. The monoisotopic (exact) mass is 263 g/mol. The van der Waals surface area contributed by atoms with Gasteiger partial charge in [0.15, 0.2) is 0 Å². The minimum atomic E-state index is -0.696. The van der Waals surface area contributed by atoms with Gasteiger partial charge in [0, 0.05) is 0 Å². The first-order valence-corrected chi connectivity index (χ1v) is 7.97. The Morgan fingerprint density at radius 3 is 1.84 bits per heavy atom. The minimum Gasteiger partial charge on any atom is -0.388 e. The lowest BCUT2D eigenvalue weighted by atomic mass is 9.50. The lowest BCUT2D eigenvalue weighted by Crippen LogP contribution is -2.58. The topological polar surface area (TPSA) is 44.0 Å². The maximum atomic E-state index is 10.9. The van der Waals surface area contributed by atoms with E-state index in [9.17, 15) is 10.4 Å². The van der Waals surface area contributed by atoms with E-state index < -0.39 is 11.0 Å². The highest BCUT2D eigenvalue weighted by Crippen LogP contribution is 2.58. The summed E-state index contributed by atoms with van der Waals surface area (Å²) < 4.78 is 0. The maximum Gasteiger partial charge on any atom is 0.0860 e. The summed E-state index contributed by atoms with van der Waals surface area (Å²) in [6.07, 6.45) is 5.69. The SMILES string of the molecule is CC(C)C1CCC(C#N)(C2(O)CC(C(C)C)C2)CC1. The molecule has 0 atom stereocenters.